The summed E-state index contributed by atoms with van der Waals surface area (Å²) in [5.41, 5.74) is 5.38. The number of para-hydroxylation sites is 1. The van der Waals surface area contributed by atoms with Gasteiger partial charge in [-0.3, -0.25) is 9.59 Å². The number of ether oxygens (including phenoxy) is 3. The molecule has 0 saturated heterocycles. The quantitative estimate of drug-likeness (QED) is 0.243. The van der Waals surface area contributed by atoms with E-state index >= 15 is 0 Å². The van der Waals surface area contributed by atoms with Gasteiger partial charge in [-0.05, 0) is 46.5 Å². The molecule has 3 aliphatic heterocycles. The van der Waals surface area contributed by atoms with Crippen molar-refractivity contribution in [3.8, 4) is 17.2 Å². The number of carbonyl (C=O) groups excluding carboxylic acids is 2. The number of carbonyl (C=O) groups is 2. The minimum Gasteiger partial charge on any atom is -0.491 e. The number of benzene rings is 5. The van der Waals surface area contributed by atoms with Gasteiger partial charge in [-0.15, -0.1) is 0 Å². The number of rotatable bonds is 7. The standard InChI is InChI=1S/C38H30N2O5/c41-36(39-21-29(26-9-3-1-4-10-26)27-11-5-2-6-12-27)28-17-15-25(16-18-28)22-40-32-14-8-7-13-30(32)38(37(40)42)23-43-33-20-35-34(19-31(33)38)44-24-45-35/h1-20,29H,21-24H2,(H,39,41). The number of anilines is 1. The van der Waals surface area contributed by atoms with Gasteiger partial charge in [0.1, 0.15) is 17.8 Å². The normalized spacial score (nSPS) is 17.4. The maximum atomic E-state index is 14.3. The molecule has 3 heterocycles. The third kappa shape index (κ3) is 4.51. The fourth-order valence-corrected chi connectivity index (χ4v) is 6.76. The van der Waals surface area contributed by atoms with E-state index in [4.69, 9.17) is 14.2 Å². The van der Waals surface area contributed by atoms with E-state index in [-0.39, 0.29) is 31.1 Å². The van der Waals surface area contributed by atoms with Gasteiger partial charge >= 0.3 is 0 Å². The van der Waals surface area contributed by atoms with Crippen LogP contribution in [0.5, 0.6) is 17.2 Å². The van der Waals surface area contributed by atoms with E-state index in [9.17, 15) is 9.59 Å². The molecule has 0 radical (unpaired) electrons. The summed E-state index contributed by atoms with van der Waals surface area (Å²) in [4.78, 5) is 29.4. The predicted molar refractivity (Wildman–Crippen MR) is 170 cm³/mol. The topological polar surface area (TPSA) is 77.1 Å². The minimum absolute atomic E-state index is 0.0361. The van der Waals surface area contributed by atoms with E-state index in [1.54, 1.807) is 0 Å². The predicted octanol–water partition coefficient (Wildman–Crippen LogP) is 6.20. The third-order valence-corrected chi connectivity index (χ3v) is 9.07. The molecule has 0 bridgehead atoms. The van der Waals surface area contributed by atoms with Crippen LogP contribution in [0.25, 0.3) is 0 Å². The fraction of sp³-hybridized carbons (Fsp3) is 0.158. The Hall–Kier alpha value is -5.56. The average Bonchev–Trinajstić information content (AvgIpc) is 3.77. The smallest absolute Gasteiger partial charge is 0.251 e. The second-order valence-corrected chi connectivity index (χ2v) is 11.6. The van der Waals surface area contributed by atoms with Crippen molar-refractivity contribution >= 4 is 17.5 Å². The van der Waals surface area contributed by atoms with Gasteiger partial charge in [0, 0.05) is 35.3 Å². The number of nitrogens with one attached hydrogen (secondary N) is 1. The molecular weight excluding hydrogens is 564 g/mol. The van der Waals surface area contributed by atoms with Crippen LogP contribution in [0.15, 0.2) is 121 Å². The van der Waals surface area contributed by atoms with Crippen molar-refractivity contribution in [2.75, 3.05) is 24.8 Å². The van der Waals surface area contributed by atoms with Gasteiger partial charge < -0.3 is 24.4 Å². The first kappa shape index (κ1) is 27.0. The number of nitrogens with zero attached hydrogens (tertiary/aromatic N) is 1. The van der Waals surface area contributed by atoms with Gasteiger partial charge in [0.15, 0.2) is 11.5 Å². The Labute approximate surface area is 261 Å². The zero-order valence-corrected chi connectivity index (χ0v) is 24.4. The lowest BCUT2D eigenvalue weighted by Gasteiger charge is -2.23. The van der Waals surface area contributed by atoms with Crippen LogP contribution in [-0.4, -0.2) is 31.8 Å². The molecule has 7 heteroatoms. The molecule has 3 aliphatic rings. The molecule has 222 valence electrons. The van der Waals surface area contributed by atoms with Crippen LogP contribution in [-0.2, 0) is 16.8 Å². The highest BCUT2D eigenvalue weighted by Gasteiger charge is 2.57. The minimum atomic E-state index is -0.958. The highest BCUT2D eigenvalue weighted by atomic mass is 16.7. The van der Waals surface area contributed by atoms with Crippen LogP contribution in [0, 0.1) is 0 Å². The second-order valence-electron chi connectivity index (χ2n) is 11.6. The molecule has 1 N–H and O–H groups in total. The molecule has 2 amide bonds. The summed E-state index contributed by atoms with van der Waals surface area (Å²) in [6.45, 7) is 1.20. The number of hydrogen-bond donors (Lipinski definition) is 1. The van der Waals surface area contributed by atoms with Crippen LogP contribution in [0.3, 0.4) is 0 Å². The molecule has 45 heavy (non-hydrogen) atoms. The van der Waals surface area contributed by atoms with Crippen LogP contribution < -0.4 is 24.4 Å². The molecular formula is C38H30N2O5. The van der Waals surface area contributed by atoms with E-state index in [2.05, 4.69) is 29.6 Å². The Bertz CT molecular complexity index is 1870. The molecule has 1 unspecified atom stereocenters. The monoisotopic (exact) mass is 594 g/mol. The van der Waals surface area contributed by atoms with E-state index in [0.717, 1.165) is 33.5 Å². The Morgan fingerprint density at radius 1 is 0.733 bits per heavy atom. The summed E-state index contributed by atoms with van der Waals surface area (Å²) in [7, 11) is 0. The lowest BCUT2D eigenvalue weighted by molar-refractivity contribution is -0.122. The Morgan fingerprint density at radius 3 is 2.09 bits per heavy atom. The van der Waals surface area contributed by atoms with E-state index in [0.29, 0.717) is 35.9 Å². The maximum Gasteiger partial charge on any atom is 0.251 e. The summed E-state index contributed by atoms with van der Waals surface area (Å²) in [6.07, 6.45) is 0. The summed E-state index contributed by atoms with van der Waals surface area (Å²) >= 11 is 0. The van der Waals surface area contributed by atoms with Gasteiger partial charge in [0.2, 0.25) is 12.7 Å². The molecule has 1 atom stereocenters. The van der Waals surface area contributed by atoms with E-state index < -0.39 is 5.41 Å². The highest BCUT2D eigenvalue weighted by molar-refractivity contribution is 6.11. The highest BCUT2D eigenvalue weighted by Crippen LogP contribution is 2.55. The second kappa shape index (κ2) is 10.9. The van der Waals surface area contributed by atoms with E-state index in [1.807, 2.05) is 102 Å². The number of amides is 2. The third-order valence-electron chi connectivity index (χ3n) is 9.07. The Morgan fingerprint density at radius 2 is 1.38 bits per heavy atom. The zero-order chi connectivity index (χ0) is 30.4. The van der Waals surface area contributed by atoms with Crippen molar-refractivity contribution in [2.24, 2.45) is 0 Å². The van der Waals surface area contributed by atoms with Crippen molar-refractivity contribution in [1.29, 1.82) is 0 Å². The summed E-state index contributed by atoms with van der Waals surface area (Å²) in [6, 6.07) is 39.5. The van der Waals surface area contributed by atoms with Crippen molar-refractivity contribution in [3.63, 3.8) is 0 Å². The molecule has 0 aliphatic carbocycles. The first-order valence-corrected chi connectivity index (χ1v) is 15.1. The molecule has 8 rings (SSSR count). The largest absolute Gasteiger partial charge is 0.491 e. The van der Waals surface area contributed by atoms with Crippen LogP contribution in [0.2, 0.25) is 0 Å². The first-order chi connectivity index (χ1) is 22.1. The maximum absolute atomic E-state index is 14.3. The number of hydrogen-bond acceptors (Lipinski definition) is 5. The van der Waals surface area contributed by atoms with E-state index in [1.165, 1.54) is 0 Å². The molecule has 0 aromatic heterocycles. The van der Waals surface area contributed by atoms with Crippen LogP contribution in [0.4, 0.5) is 5.69 Å². The molecule has 7 nitrogen and oxygen atoms in total. The molecule has 0 saturated carbocycles. The first-order valence-electron chi connectivity index (χ1n) is 15.1. The van der Waals surface area contributed by atoms with Crippen molar-refractivity contribution in [3.05, 3.63) is 155 Å². The van der Waals surface area contributed by atoms with Crippen LogP contribution in [0.1, 0.15) is 44.1 Å². The molecule has 1 spiro atoms. The Kier molecular flexibility index (Phi) is 6.52. The summed E-state index contributed by atoms with van der Waals surface area (Å²) < 4.78 is 17.3. The van der Waals surface area contributed by atoms with Gasteiger partial charge in [0.05, 0.1) is 6.54 Å². The molecule has 0 fully saturated rings. The summed E-state index contributed by atoms with van der Waals surface area (Å²) in [5, 5.41) is 3.13. The Balaban J connectivity index is 1.01. The van der Waals surface area contributed by atoms with Gasteiger partial charge in [-0.2, -0.15) is 0 Å². The van der Waals surface area contributed by atoms with Crippen LogP contribution >= 0.6 is 0 Å². The SMILES string of the molecule is O=C(NCC(c1ccccc1)c1ccccc1)c1ccc(CN2C(=O)C3(COc4cc5c(cc43)OCO5)c3ccccc32)cc1. The zero-order valence-electron chi connectivity index (χ0n) is 24.4. The number of fused-ring (bicyclic) bond motifs is 5. The molecule has 5 aromatic carbocycles. The van der Waals surface area contributed by atoms with Gasteiger partial charge in [-0.25, -0.2) is 0 Å². The summed E-state index contributed by atoms with van der Waals surface area (Å²) in [5.74, 6) is 1.74. The molecule has 5 aromatic rings. The van der Waals surface area contributed by atoms with Crippen molar-refractivity contribution < 1.29 is 23.8 Å². The average molecular weight is 595 g/mol. The fourth-order valence-electron chi connectivity index (χ4n) is 6.76. The van der Waals surface area contributed by atoms with Crippen molar-refractivity contribution in [1.82, 2.24) is 5.32 Å². The van der Waals surface area contributed by atoms with Gasteiger partial charge in [0.25, 0.3) is 5.91 Å². The lowest BCUT2D eigenvalue weighted by atomic mass is 9.77. The van der Waals surface area contributed by atoms with Crippen molar-refractivity contribution in [2.45, 2.75) is 17.9 Å². The van der Waals surface area contributed by atoms with Gasteiger partial charge in [-0.1, -0.05) is 91.0 Å². The lowest BCUT2D eigenvalue weighted by Crippen LogP contribution is -2.42.